The molecule has 0 atom stereocenters. The van der Waals surface area contributed by atoms with Crippen LogP contribution in [0, 0.1) is 0 Å². The molecule has 0 unspecified atom stereocenters. The highest BCUT2D eigenvalue weighted by Gasteiger charge is 1.84. The highest BCUT2D eigenvalue weighted by atomic mass is 15.0. The third-order valence-corrected chi connectivity index (χ3v) is 0.807. The van der Waals surface area contributed by atoms with Crippen molar-refractivity contribution >= 4 is 6.21 Å². The van der Waals surface area contributed by atoms with Gasteiger partial charge in [-0.1, -0.05) is 27.7 Å². The molecule has 0 aromatic carbocycles. The number of hydrogen-bond acceptors (Lipinski definition) is 2. The number of hydrogen-bond donors (Lipinski definition) is 1. The average Bonchev–Trinajstić information content (AvgIpc) is 2.13. The molecular formula is C9H20N2. The lowest BCUT2D eigenvalue weighted by Crippen LogP contribution is -2.09. The molecule has 0 saturated carbocycles. The number of nitrogens with one attached hydrogen (secondary N) is 1. The van der Waals surface area contributed by atoms with E-state index in [9.17, 15) is 0 Å². The molecule has 1 rings (SSSR count). The summed E-state index contributed by atoms with van der Waals surface area (Å²) in [6.45, 7) is 10.7. The summed E-state index contributed by atoms with van der Waals surface area (Å²) in [5.74, 6) is 0. The summed E-state index contributed by atoms with van der Waals surface area (Å²) in [7, 11) is 0. The molecule has 0 saturated heterocycles. The van der Waals surface area contributed by atoms with Crippen LogP contribution in [0.15, 0.2) is 16.8 Å². The Kier molecular flexibility index (Phi) is 13.9. The van der Waals surface area contributed by atoms with Gasteiger partial charge in [0.1, 0.15) is 6.67 Å². The molecule has 11 heavy (non-hydrogen) atoms. The molecular weight excluding hydrogens is 136 g/mol. The van der Waals surface area contributed by atoms with E-state index in [1.54, 1.807) is 0 Å². The Morgan fingerprint density at radius 2 is 1.82 bits per heavy atom. The zero-order valence-corrected chi connectivity index (χ0v) is 8.31. The standard InChI is InChI=1S/C5H8N2.2C2H6/c1-5-2-6-4-7-3-5;2*1-2/h2-3,6H,4H2,1H3;2*1-2H3. The summed E-state index contributed by atoms with van der Waals surface area (Å²) >= 11 is 0. The van der Waals surface area contributed by atoms with Crippen LogP contribution in [-0.2, 0) is 0 Å². The highest BCUT2D eigenvalue weighted by Crippen LogP contribution is 1.87. The van der Waals surface area contributed by atoms with Gasteiger partial charge in [0, 0.05) is 12.4 Å². The molecule has 0 bridgehead atoms. The topological polar surface area (TPSA) is 24.4 Å². The van der Waals surface area contributed by atoms with E-state index < -0.39 is 0 Å². The predicted octanol–water partition coefficient (Wildman–Crippen LogP) is 2.57. The third kappa shape index (κ3) is 9.21. The second kappa shape index (κ2) is 11.9. The van der Waals surface area contributed by atoms with Gasteiger partial charge in [0.15, 0.2) is 0 Å². The average molecular weight is 156 g/mol. The fourth-order valence-corrected chi connectivity index (χ4v) is 0.486. The van der Waals surface area contributed by atoms with Crippen LogP contribution in [-0.4, -0.2) is 12.9 Å². The highest BCUT2D eigenvalue weighted by molar-refractivity contribution is 5.78. The van der Waals surface area contributed by atoms with Crippen molar-refractivity contribution in [2.45, 2.75) is 34.6 Å². The molecule has 1 aliphatic heterocycles. The van der Waals surface area contributed by atoms with Gasteiger partial charge in [-0.15, -0.1) is 0 Å². The molecule has 0 aromatic rings. The van der Waals surface area contributed by atoms with Gasteiger partial charge in [-0.05, 0) is 12.5 Å². The van der Waals surface area contributed by atoms with E-state index >= 15 is 0 Å². The van der Waals surface area contributed by atoms with Gasteiger partial charge in [-0.3, -0.25) is 4.99 Å². The fraction of sp³-hybridized carbons (Fsp3) is 0.667. The van der Waals surface area contributed by atoms with Gasteiger partial charge < -0.3 is 5.32 Å². The summed E-state index contributed by atoms with van der Waals surface area (Å²) in [5, 5.41) is 2.97. The van der Waals surface area contributed by atoms with Crippen molar-refractivity contribution in [3.8, 4) is 0 Å². The van der Waals surface area contributed by atoms with Gasteiger partial charge in [0.25, 0.3) is 0 Å². The number of nitrogens with zero attached hydrogens (tertiary/aromatic N) is 1. The molecule has 2 heteroatoms. The van der Waals surface area contributed by atoms with E-state index in [0.717, 1.165) is 6.67 Å². The Bertz CT molecular complexity index is 115. The first-order chi connectivity index (χ1) is 5.39. The van der Waals surface area contributed by atoms with E-state index in [0.29, 0.717) is 0 Å². The van der Waals surface area contributed by atoms with Crippen LogP contribution in [0.1, 0.15) is 34.6 Å². The van der Waals surface area contributed by atoms with Crippen molar-refractivity contribution in [3.05, 3.63) is 11.8 Å². The Labute approximate surface area is 70.4 Å². The van der Waals surface area contributed by atoms with Crippen molar-refractivity contribution in [2.24, 2.45) is 4.99 Å². The zero-order valence-electron chi connectivity index (χ0n) is 8.31. The minimum Gasteiger partial charge on any atom is -0.372 e. The van der Waals surface area contributed by atoms with Crippen molar-refractivity contribution in [1.29, 1.82) is 0 Å². The molecule has 1 N–H and O–H groups in total. The van der Waals surface area contributed by atoms with Crippen LogP contribution in [0.25, 0.3) is 0 Å². The molecule has 0 aliphatic carbocycles. The minimum atomic E-state index is 0.733. The predicted molar refractivity (Wildman–Crippen MR) is 52.9 cm³/mol. The number of allylic oxidation sites excluding steroid dienone is 1. The number of rotatable bonds is 0. The van der Waals surface area contributed by atoms with Crippen LogP contribution in [0.5, 0.6) is 0 Å². The number of aliphatic imine (C=N–C) groups is 1. The maximum Gasteiger partial charge on any atom is 0.107 e. The summed E-state index contributed by atoms with van der Waals surface area (Å²) in [6, 6.07) is 0. The smallest absolute Gasteiger partial charge is 0.107 e. The SMILES string of the molecule is CC.CC.CC1=CNCN=C1. The van der Waals surface area contributed by atoms with Crippen LogP contribution in [0.3, 0.4) is 0 Å². The maximum atomic E-state index is 3.95. The molecule has 0 amide bonds. The zero-order chi connectivity index (χ0) is 9.11. The first-order valence-electron chi connectivity index (χ1n) is 4.29. The largest absolute Gasteiger partial charge is 0.372 e. The summed E-state index contributed by atoms with van der Waals surface area (Å²) < 4.78 is 0. The maximum absolute atomic E-state index is 3.95. The monoisotopic (exact) mass is 156 g/mol. The fourth-order valence-electron chi connectivity index (χ4n) is 0.486. The third-order valence-electron chi connectivity index (χ3n) is 0.807. The Balaban J connectivity index is 0. The molecule has 0 aromatic heterocycles. The van der Waals surface area contributed by atoms with E-state index in [2.05, 4.69) is 10.3 Å². The lowest BCUT2D eigenvalue weighted by molar-refractivity contribution is 0.869. The quantitative estimate of drug-likeness (QED) is 0.572. The van der Waals surface area contributed by atoms with Crippen LogP contribution in [0.4, 0.5) is 0 Å². The van der Waals surface area contributed by atoms with Crippen molar-refractivity contribution in [1.82, 2.24) is 5.32 Å². The first-order valence-corrected chi connectivity index (χ1v) is 4.29. The van der Waals surface area contributed by atoms with Crippen LogP contribution >= 0.6 is 0 Å². The molecule has 66 valence electrons. The van der Waals surface area contributed by atoms with Crippen LogP contribution in [0.2, 0.25) is 0 Å². The first kappa shape index (κ1) is 12.8. The van der Waals surface area contributed by atoms with E-state index in [1.165, 1.54) is 5.57 Å². The second-order valence-corrected chi connectivity index (χ2v) is 1.56. The summed E-state index contributed by atoms with van der Waals surface area (Å²) in [5.41, 5.74) is 1.19. The van der Waals surface area contributed by atoms with Gasteiger partial charge in [0.2, 0.25) is 0 Å². The lowest BCUT2D eigenvalue weighted by atomic mass is 10.3. The molecule has 0 spiro atoms. The minimum absolute atomic E-state index is 0.733. The van der Waals surface area contributed by atoms with Gasteiger partial charge >= 0.3 is 0 Å². The van der Waals surface area contributed by atoms with Crippen molar-refractivity contribution < 1.29 is 0 Å². The van der Waals surface area contributed by atoms with Gasteiger partial charge in [0.05, 0.1) is 0 Å². The summed E-state index contributed by atoms with van der Waals surface area (Å²) in [4.78, 5) is 3.95. The van der Waals surface area contributed by atoms with E-state index in [4.69, 9.17) is 0 Å². The Hall–Kier alpha value is -0.790. The summed E-state index contributed by atoms with van der Waals surface area (Å²) in [6.07, 6.45) is 3.81. The van der Waals surface area contributed by atoms with E-state index in [-0.39, 0.29) is 0 Å². The molecule has 0 fully saturated rings. The Morgan fingerprint density at radius 1 is 1.27 bits per heavy atom. The van der Waals surface area contributed by atoms with Crippen molar-refractivity contribution in [2.75, 3.05) is 6.67 Å². The van der Waals surface area contributed by atoms with Gasteiger partial charge in [-0.25, -0.2) is 0 Å². The van der Waals surface area contributed by atoms with Crippen molar-refractivity contribution in [3.63, 3.8) is 0 Å². The van der Waals surface area contributed by atoms with E-state index in [1.807, 2.05) is 47.0 Å². The van der Waals surface area contributed by atoms with Gasteiger partial charge in [-0.2, -0.15) is 0 Å². The Morgan fingerprint density at radius 3 is 2.00 bits per heavy atom. The lowest BCUT2D eigenvalue weighted by Gasteiger charge is -2.00. The van der Waals surface area contributed by atoms with Crippen LogP contribution < -0.4 is 5.32 Å². The normalized spacial score (nSPS) is 12.6. The molecule has 1 heterocycles. The molecule has 1 aliphatic rings. The molecule has 2 nitrogen and oxygen atoms in total. The molecule has 0 radical (unpaired) electrons. The second-order valence-electron chi connectivity index (χ2n) is 1.56.